The van der Waals surface area contributed by atoms with Crippen molar-refractivity contribution in [1.82, 2.24) is 4.98 Å². The minimum atomic E-state index is -0.552. The van der Waals surface area contributed by atoms with Crippen molar-refractivity contribution in [2.45, 2.75) is 19.4 Å². The molecule has 0 fully saturated rings. The first-order valence-electron chi connectivity index (χ1n) is 6.15. The first-order chi connectivity index (χ1) is 9.52. The second-order valence-electron chi connectivity index (χ2n) is 4.32. The Labute approximate surface area is 121 Å². The first-order valence-corrected chi connectivity index (χ1v) is 6.53. The summed E-state index contributed by atoms with van der Waals surface area (Å²) in [4.78, 5) is 3.87. The van der Waals surface area contributed by atoms with E-state index >= 15 is 0 Å². The van der Waals surface area contributed by atoms with Crippen LogP contribution in [0.1, 0.15) is 24.9 Å². The summed E-state index contributed by atoms with van der Waals surface area (Å²) in [6.07, 6.45) is 2.01. The van der Waals surface area contributed by atoms with Crippen LogP contribution in [0.25, 0.3) is 0 Å². The molecule has 0 amide bonds. The first kappa shape index (κ1) is 14.6. The van der Waals surface area contributed by atoms with Crippen LogP contribution in [-0.2, 0) is 0 Å². The third kappa shape index (κ3) is 3.00. The summed E-state index contributed by atoms with van der Waals surface area (Å²) in [6, 6.07) is 5.88. The molecule has 0 aliphatic heterocycles. The highest BCUT2D eigenvalue weighted by molar-refractivity contribution is 6.32. The SMILES string of the molecule is CC[C@@H](N)c1ccc(Cl)c(Oc2ccc(N)nc2)c1F. The number of halogens is 2. The van der Waals surface area contributed by atoms with Crippen LogP contribution in [0.15, 0.2) is 30.5 Å². The minimum absolute atomic E-state index is 0.0559. The fourth-order valence-corrected chi connectivity index (χ4v) is 1.90. The molecule has 106 valence electrons. The van der Waals surface area contributed by atoms with E-state index in [1.54, 1.807) is 24.3 Å². The zero-order valence-electron chi connectivity index (χ0n) is 10.9. The summed E-state index contributed by atoms with van der Waals surface area (Å²) in [7, 11) is 0. The lowest BCUT2D eigenvalue weighted by Crippen LogP contribution is -2.11. The van der Waals surface area contributed by atoms with E-state index in [2.05, 4.69) is 4.98 Å². The third-order valence-electron chi connectivity index (χ3n) is 2.90. The lowest BCUT2D eigenvalue weighted by molar-refractivity contribution is 0.433. The standard InChI is InChI=1S/C14H15ClFN3O/c1-2-11(17)9-4-5-10(15)14(13(9)16)20-8-3-6-12(18)19-7-8/h3-7,11H,2,17H2,1H3,(H2,18,19)/t11-/m1/s1. The fourth-order valence-electron chi connectivity index (χ4n) is 1.72. The summed E-state index contributed by atoms with van der Waals surface area (Å²) >= 11 is 5.98. The van der Waals surface area contributed by atoms with E-state index in [4.69, 9.17) is 27.8 Å². The molecule has 0 aliphatic rings. The number of nitrogens with two attached hydrogens (primary N) is 2. The van der Waals surface area contributed by atoms with Gasteiger partial charge in [-0.1, -0.05) is 24.6 Å². The molecule has 1 atom stereocenters. The molecule has 0 radical (unpaired) electrons. The maximum atomic E-state index is 14.4. The number of rotatable bonds is 4. The molecule has 0 saturated carbocycles. The Morgan fingerprint density at radius 3 is 2.70 bits per heavy atom. The van der Waals surface area contributed by atoms with E-state index in [0.29, 0.717) is 23.6 Å². The van der Waals surface area contributed by atoms with Gasteiger partial charge in [0, 0.05) is 11.6 Å². The average Bonchev–Trinajstić information content (AvgIpc) is 2.45. The van der Waals surface area contributed by atoms with E-state index < -0.39 is 11.9 Å². The molecule has 1 heterocycles. The van der Waals surface area contributed by atoms with E-state index in [1.807, 2.05) is 6.92 Å². The van der Waals surface area contributed by atoms with Crippen LogP contribution >= 0.6 is 11.6 Å². The Bertz CT molecular complexity index is 604. The molecule has 0 spiro atoms. The Balaban J connectivity index is 2.37. The van der Waals surface area contributed by atoms with Gasteiger partial charge in [-0.25, -0.2) is 9.37 Å². The Kier molecular flexibility index (Phi) is 4.42. The molecule has 2 aromatic rings. The molecule has 1 aromatic heterocycles. The molecule has 0 unspecified atom stereocenters. The summed E-state index contributed by atoms with van der Waals surface area (Å²) in [5.41, 5.74) is 11.7. The van der Waals surface area contributed by atoms with Gasteiger partial charge in [0.05, 0.1) is 11.2 Å². The van der Waals surface area contributed by atoms with Gasteiger partial charge in [0.2, 0.25) is 0 Å². The topological polar surface area (TPSA) is 74.2 Å². The predicted molar refractivity (Wildman–Crippen MR) is 77.4 cm³/mol. The molecule has 0 bridgehead atoms. The van der Waals surface area contributed by atoms with Gasteiger partial charge in [-0.3, -0.25) is 0 Å². The molecule has 0 aliphatic carbocycles. The summed E-state index contributed by atoms with van der Waals surface area (Å²) in [5.74, 6) is 0.0937. The van der Waals surface area contributed by atoms with Crippen LogP contribution < -0.4 is 16.2 Å². The Hall–Kier alpha value is -1.85. The van der Waals surface area contributed by atoms with Crippen molar-refractivity contribution in [3.63, 3.8) is 0 Å². The highest BCUT2D eigenvalue weighted by Crippen LogP contribution is 2.35. The van der Waals surface area contributed by atoms with Gasteiger partial charge in [-0.15, -0.1) is 0 Å². The van der Waals surface area contributed by atoms with Gasteiger partial charge in [0.15, 0.2) is 11.6 Å². The maximum Gasteiger partial charge on any atom is 0.182 e. The summed E-state index contributed by atoms with van der Waals surface area (Å²) < 4.78 is 19.9. The zero-order valence-corrected chi connectivity index (χ0v) is 11.7. The van der Waals surface area contributed by atoms with E-state index in [0.717, 1.165) is 0 Å². The number of nitrogens with zero attached hydrogens (tertiary/aromatic N) is 1. The van der Waals surface area contributed by atoms with Crippen molar-refractivity contribution in [3.8, 4) is 11.5 Å². The van der Waals surface area contributed by atoms with Crippen molar-refractivity contribution in [2.24, 2.45) is 5.73 Å². The lowest BCUT2D eigenvalue weighted by atomic mass is 10.0. The molecule has 4 N–H and O–H groups in total. The smallest absolute Gasteiger partial charge is 0.182 e. The van der Waals surface area contributed by atoms with Gasteiger partial charge < -0.3 is 16.2 Å². The van der Waals surface area contributed by atoms with Gasteiger partial charge in [-0.2, -0.15) is 0 Å². The minimum Gasteiger partial charge on any atom is -0.451 e. The van der Waals surface area contributed by atoms with Crippen LogP contribution in [0.5, 0.6) is 11.5 Å². The second kappa shape index (κ2) is 6.07. The number of aromatic nitrogens is 1. The molecule has 0 saturated heterocycles. The van der Waals surface area contributed by atoms with E-state index in [9.17, 15) is 4.39 Å². The lowest BCUT2D eigenvalue weighted by Gasteiger charge is -2.15. The zero-order chi connectivity index (χ0) is 14.7. The Morgan fingerprint density at radius 1 is 1.35 bits per heavy atom. The van der Waals surface area contributed by atoms with Crippen molar-refractivity contribution < 1.29 is 9.13 Å². The molecular formula is C14H15ClFN3O. The number of nitrogen functional groups attached to an aromatic ring is 1. The predicted octanol–water partition coefficient (Wildman–Crippen LogP) is 3.66. The van der Waals surface area contributed by atoms with Crippen molar-refractivity contribution in [2.75, 3.05) is 5.73 Å². The van der Waals surface area contributed by atoms with Crippen molar-refractivity contribution in [3.05, 3.63) is 46.9 Å². The normalized spacial score (nSPS) is 12.2. The Morgan fingerprint density at radius 2 is 2.10 bits per heavy atom. The number of anilines is 1. The third-order valence-corrected chi connectivity index (χ3v) is 3.19. The summed E-state index contributed by atoms with van der Waals surface area (Å²) in [6.45, 7) is 1.88. The van der Waals surface area contributed by atoms with Crippen LogP contribution in [0.2, 0.25) is 5.02 Å². The quantitative estimate of drug-likeness (QED) is 0.902. The van der Waals surface area contributed by atoms with Gasteiger partial charge in [0.25, 0.3) is 0 Å². The molecule has 20 heavy (non-hydrogen) atoms. The van der Waals surface area contributed by atoms with Crippen LogP contribution in [-0.4, -0.2) is 4.98 Å². The highest BCUT2D eigenvalue weighted by Gasteiger charge is 2.18. The van der Waals surface area contributed by atoms with Gasteiger partial charge >= 0.3 is 0 Å². The van der Waals surface area contributed by atoms with Crippen molar-refractivity contribution >= 4 is 17.4 Å². The fraction of sp³-hybridized carbons (Fsp3) is 0.214. The molecular weight excluding hydrogens is 281 g/mol. The number of ether oxygens (including phenoxy) is 1. The summed E-state index contributed by atoms with van der Waals surface area (Å²) in [5, 5.41) is 0.173. The van der Waals surface area contributed by atoms with Crippen LogP contribution in [0, 0.1) is 5.82 Å². The second-order valence-corrected chi connectivity index (χ2v) is 4.72. The maximum absolute atomic E-state index is 14.4. The van der Waals surface area contributed by atoms with Gasteiger partial charge in [0.1, 0.15) is 11.6 Å². The highest BCUT2D eigenvalue weighted by atomic mass is 35.5. The number of hydrogen-bond donors (Lipinski definition) is 2. The van der Waals surface area contributed by atoms with Crippen molar-refractivity contribution in [1.29, 1.82) is 0 Å². The van der Waals surface area contributed by atoms with Crippen LogP contribution in [0.4, 0.5) is 10.2 Å². The van der Waals surface area contributed by atoms with E-state index in [1.165, 1.54) is 6.20 Å². The van der Waals surface area contributed by atoms with Gasteiger partial charge in [-0.05, 0) is 24.6 Å². The molecule has 4 nitrogen and oxygen atoms in total. The number of benzene rings is 1. The molecule has 2 rings (SSSR count). The van der Waals surface area contributed by atoms with E-state index in [-0.39, 0.29) is 10.8 Å². The number of hydrogen-bond acceptors (Lipinski definition) is 4. The van der Waals surface area contributed by atoms with Crippen LogP contribution in [0.3, 0.4) is 0 Å². The molecule has 1 aromatic carbocycles. The largest absolute Gasteiger partial charge is 0.451 e. The molecule has 6 heteroatoms. The average molecular weight is 296 g/mol. The monoisotopic (exact) mass is 295 g/mol. The number of pyridine rings is 1.